The van der Waals surface area contributed by atoms with Gasteiger partial charge in [0.15, 0.2) is 0 Å². The van der Waals surface area contributed by atoms with Crippen LogP contribution < -0.4 is 5.32 Å². The van der Waals surface area contributed by atoms with Gasteiger partial charge in [-0.2, -0.15) is 0 Å². The Balaban J connectivity index is 1.61. The van der Waals surface area contributed by atoms with Crippen molar-refractivity contribution in [2.45, 2.75) is 19.5 Å². The van der Waals surface area contributed by atoms with Gasteiger partial charge >= 0.3 is 12.0 Å². The Morgan fingerprint density at radius 2 is 1.65 bits per heavy atom. The summed E-state index contributed by atoms with van der Waals surface area (Å²) >= 11 is 0. The van der Waals surface area contributed by atoms with Crippen molar-refractivity contribution in [1.82, 2.24) is 9.47 Å². The second-order valence-electron chi connectivity index (χ2n) is 8.34. The minimum Gasteiger partial charge on any atom is -0.465 e. The third-order valence-corrected chi connectivity index (χ3v) is 6.19. The summed E-state index contributed by atoms with van der Waals surface area (Å²) in [5.41, 5.74) is 5.95. The van der Waals surface area contributed by atoms with Crippen molar-refractivity contribution in [2.75, 3.05) is 12.4 Å². The molecule has 0 radical (unpaired) electrons. The molecule has 1 aliphatic rings. The van der Waals surface area contributed by atoms with Gasteiger partial charge in [0.25, 0.3) is 0 Å². The summed E-state index contributed by atoms with van der Waals surface area (Å²) in [7, 11) is 1.33. The molecule has 1 atom stereocenters. The Bertz CT molecular complexity index is 1360. The number of aryl methyl sites for hydroxylation is 1. The molecule has 170 valence electrons. The Kier molecular flexibility index (Phi) is 5.64. The number of para-hydroxylation sites is 2. The molecule has 2 heterocycles. The standard InChI is InChI=1S/C28H25N3O3/c1-19-13-15-20(16-14-19)26-25-12-7-17-30(25)24-11-6-3-8-21(24)18-31(26)28(33)29-23-10-5-4-9-22(23)27(32)34-2/h3-17,26H,18H2,1-2H3,(H,29,33). The van der Waals surface area contributed by atoms with Crippen molar-refractivity contribution in [3.63, 3.8) is 0 Å². The maximum atomic E-state index is 13.8. The first kappa shape index (κ1) is 21.5. The van der Waals surface area contributed by atoms with Gasteiger partial charge in [0.05, 0.1) is 36.6 Å². The molecule has 6 nitrogen and oxygen atoms in total. The molecule has 0 saturated heterocycles. The number of carbonyl (C=O) groups excluding carboxylic acids is 2. The van der Waals surface area contributed by atoms with Crippen LogP contribution in [0, 0.1) is 6.92 Å². The van der Waals surface area contributed by atoms with E-state index in [4.69, 9.17) is 4.74 Å². The Morgan fingerprint density at radius 1 is 0.912 bits per heavy atom. The Morgan fingerprint density at radius 3 is 2.44 bits per heavy atom. The fraction of sp³-hybridized carbons (Fsp3) is 0.143. The highest BCUT2D eigenvalue weighted by Gasteiger charge is 2.33. The number of carbonyl (C=O) groups is 2. The van der Waals surface area contributed by atoms with E-state index in [1.165, 1.54) is 7.11 Å². The molecule has 0 fully saturated rings. The zero-order valence-corrected chi connectivity index (χ0v) is 19.1. The summed E-state index contributed by atoms with van der Waals surface area (Å²) in [6.45, 7) is 2.45. The summed E-state index contributed by atoms with van der Waals surface area (Å²) in [4.78, 5) is 27.9. The van der Waals surface area contributed by atoms with Gasteiger partial charge < -0.3 is 19.5 Å². The van der Waals surface area contributed by atoms with Crippen molar-refractivity contribution in [3.8, 4) is 5.69 Å². The number of esters is 1. The minimum atomic E-state index is -0.499. The van der Waals surface area contributed by atoms with Crippen LogP contribution in [0.25, 0.3) is 5.69 Å². The van der Waals surface area contributed by atoms with Gasteiger partial charge in [-0.05, 0) is 48.4 Å². The highest BCUT2D eigenvalue weighted by molar-refractivity contribution is 6.01. The molecule has 1 N–H and O–H groups in total. The van der Waals surface area contributed by atoms with Crippen LogP contribution in [0.3, 0.4) is 0 Å². The molecule has 4 aromatic rings. The van der Waals surface area contributed by atoms with E-state index in [-0.39, 0.29) is 12.1 Å². The van der Waals surface area contributed by atoms with Gasteiger partial charge in [-0.15, -0.1) is 0 Å². The van der Waals surface area contributed by atoms with E-state index in [9.17, 15) is 9.59 Å². The monoisotopic (exact) mass is 451 g/mol. The average molecular weight is 452 g/mol. The van der Waals surface area contributed by atoms with E-state index >= 15 is 0 Å². The quantitative estimate of drug-likeness (QED) is 0.406. The first-order valence-electron chi connectivity index (χ1n) is 11.1. The van der Waals surface area contributed by atoms with Gasteiger partial charge in [-0.25, -0.2) is 9.59 Å². The van der Waals surface area contributed by atoms with Crippen molar-refractivity contribution >= 4 is 17.7 Å². The molecule has 2 amide bonds. The first-order chi connectivity index (χ1) is 16.6. The number of anilines is 1. The molecular formula is C28H25N3O3. The number of fused-ring (bicyclic) bond motifs is 3. The van der Waals surface area contributed by atoms with Crippen LogP contribution in [0.15, 0.2) is 91.1 Å². The van der Waals surface area contributed by atoms with Gasteiger partial charge in [-0.1, -0.05) is 60.2 Å². The number of rotatable bonds is 3. The SMILES string of the molecule is COC(=O)c1ccccc1NC(=O)N1Cc2ccccc2-n2cccc2C1c1ccc(C)cc1. The number of methoxy groups -OCH3 is 1. The van der Waals surface area contributed by atoms with Crippen molar-refractivity contribution in [1.29, 1.82) is 0 Å². The number of nitrogens with one attached hydrogen (secondary N) is 1. The first-order valence-corrected chi connectivity index (χ1v) is 11.1. The average Bonchev–Trinajstić information content (AvgIpc) is 3.29. The van der Waals surface area contributed by atoms with E-state index < -0.39 is 5.97 Å². The lowest BCUT2D eigenvalue weighted by Crippen LogP contribution is -2.38. The van der Waals surface area contributed by atoms with Crippen LogP contribution in [0.5, 0.6) is 0 Å². The molecule has 0 spiro atoms. The normalized spacial score (nSPS) is 14.5. The third-order valence-electron chi connectivity index (χ3n) is 6.19. The number of nitrogens with zero attached hydrogens (tertiary/aromatic N) is 2. The number of amides is 2. The lowest BCUT2D eigenvalue weighted by atomic mass is 10.0. The number of urea groups is 1. The fourth-order valence-electron chi connectivity index (χ4n) is 4.51. The molecule has 3 aromatic carbocycles. The fourth-order valence-corrected chi connectivity index (χ4v) is 4.51. The molecule has 1 aromatic heterocycles. The van der Waals surface area contributed by atoms with Crippen LogP contribution in [0.1, 0.15) is 38.8 Å². The van der Waals surface area contributed by atoms with E-state index in [1.54, 1.807) is 24.3 Å². The third kappa shape index (κ3) is 3.83. The van der Waals surface area contributed by atoms with E-state index in [2.05, 4.69) is 46.3 Å². The highest BCUT2D eigenvalue weighted by atomic mass is 16.5. The van der Waals surface area contributed by atoms with E-state index in [0.717, 1.165) is 28.1 Å². The molecule has 1 aliphatic heterocycles. The van der Waals surface area contributed by atoms with Gasteiger partial charge in [0, 0.05) is 11.9 Å². The number of hydrogen-bond donors (Lipinski definition) is 1. The highest BCUT2D eigenvalue weighted by Crippen LogP contribution is 2.37. The molecular weight excluding hydrogens is 426 g/mol. The summed E-state index contributed by atoms with van der Waals surface area (Å²) in [5.74, 6) is -0.499. The second kappa shape index (κ2) is 8.90. The largest absolute Gasteiger partial charge is 0.465 e. The van der Waals surface area contributed by atoms with E-state index in [0.29, 0.717) is 17.8 Å². The van der Waals surface area contributed by atoms with E-state index in [1.807, 2.05) is 42.3 Å². The minimum absolute atomic E-state index is 0.300. The van der Waals surface area contributed by atoms with Crippen molar-refractivity contribution in [2.24, 2.45) is 0 Å². The van der Waals surface area contributed by atoms with Crippen LogP contribution in [-0.2, 0) is 11.3 Å². The van der Waals surface area contributed by atoms with Crippen LogP contribution >= 0.6 is 0 Å². The van der Waals surface area contributed by atoms with Crippen molar-refractivity contribution in [3.05, 3.63) is 119 Å². The Hall–Kier alpha value is -4.32. The predicted molar refractivity (Wildman–Crippen MR) is 131 cm³/mol. The molecule has 0 saturated carbocycles. The molecule has 0 aliphatic carbocycles. The van der Waals surface area contributed by atoms with Gasteiger partial charge in [0.2, 0.25) is 0 Å². The molecule has 34 heavy (non-hydrogen) atoms. The molecule has 0 bridgehead atoms. The lowest BCUT2D eigenvalue weighted by molar-refractivity contribution is 0.0602. The predicted octanol–water partition coefficient (Wildman–Crippen LogP) is 5.71. The summed E-state index contributed by atoms with van der Waals surface area (Å²) in [6, 6.07) is 26.6. The number of hydrogen-bond acceptors (Lipinski definition) is 3. The van der Waals surface area contributed by atoms with Crippen molar-refractivity contribution < 1.29 is 14.3 Å². The topological polar surface area (TPSA) is 63.6 Å². The second-order valence-corrected chi connectivity index (χ2v) is 8.34. The number of ether oxygens (including phenoxy) is 1. The van der Waals surface area contributed by atoms with Gasteiger partial charge in [0.1, 0.15) is 0 Å². The zero-order valence-electron chi connectivity index (χ0n) is 19.1. The summed E-state index contributed by atoms with van der Waals surface area (Å²) in [5, 5.41) is 2.97. The zero-order chi connectivity index (χ0) is 23.7. The molecule has 6 heteroatoms. The van der Waals surface area contributed by atoms with Crippen LogP contribution in [-0.4, -0.2) is 28.6 Å². The maximum Gasteiger partial charge on any atom is 0.339 e. The molecule has 1 unspecified atom stereocenters. The Labute approximate surface area is 198 Å². The number of aromatic nitrogens is 1. The summed E-state index contributed by atoms with van der Waals surface area (Å²) < 4.78 is 7.05. The molecule has 5 rings (SSSR count). The number of benzene rings is 3. The lowest BCUT2D eigenvalue weighted by Gasteiger charge is -2.31. The van der Waals surface area contributed by atoms with Crippen LogP contribution in [0.4, 0.5) is 10.5 Å². The smallest absolute Gasteiger partial charge is 0.339 e. The maximum absolute atomic E-state index is 13.8. The van der Waals surface area contributed by atoms with Crippen LogP contribution in [0.2, 0.25) is 0 Å². The summed E-state index contributed by atoms with van der Waals surface area (Å²) in [6.07, 6.45) is 2.03. The van der Waals surface area contributed by atoms with Gasteiger partial charge in [-0.3, -0.25) is 0 Å².